The lowest BCUT2D eigenvalue weighted by Crippen LogP contribution is -2.23. The van der Waals surface area contributed by atoms with Gasteiger partial charge >= 0.3 is 0 Å². The van der Waals surface area contributed by atoms with Crippen LogP contribution in [-0.4, -0.2) is 18.0 Å². The molecular formula is C21H19N3O2S. The molecule has 0 unspecified atom stereocenters. The Morgan fingerprint density at radius 1 is 0.889 bits per heavy atom. The summed E-state index contributed by atoms with van der Waals surface area (Å²) in [5.74, 6) is 0. The van der Waals surface area contributed by atoms with Crippen LogP contribution in [0, 0.1) is 0 Å². The van der Waals surface area contributed by atoms with Gasteiger partial charge < -0.3 is 4.57 Å². The van der Waals surface area contributed by atoms with Crippen LogP contribution in [0.1, 0.15) is 11.1 Å². The van der Waals surface area contributed by atoms with Crippen molar-refractivity contribution in [3.05, 3.63) is 96.6 Å². The van der Waals surface area contributed by atoms with Crippen LogP contribution in [0.3, 0.4) is 0 Å². The molecule has 0 aliphatic rings. The van der Waals surface area contributed by atoms with Gasteiger partial charge in [0.2, 0.25) is 10.0 Å². The highest BCUT2D eigenvalue weighted by Gasteiger charge is 2.14. The predicted molar refractivity (Wildman–Crippen MR) is 106 cm³/mol. The average Bonchev–Trinajstić information content (AvgIpc) is 3.20. The molecule has 5 nitrogen and oxygen atoms in total. The fraction of sp³-hybridized carbons (Fsp3) is 0.0952. The van der Waals surface area contributed by atoms with Gasteiger partial charge in [-0.05, 0) is 34.0 Å². The molecule has 1 heterocycles. The summed E-state index contributed by atoms with van der Waals surface area (Å²) in [6.45, 7) is 0.990. The molecule has 0 amide bonds. The fourth-order valence-electron chi connectivity index (χ4n) is 2.95. The van der Waals surface area contributed by atoms with E-state index in [1.54, 1.807) is 24.7 Å². The zero-order valence-electron chi connectivity index (χ0n) is 14.6. The maximum absolute atomic E-state index is 12.6. The summed E-state index contributed by atoms with van der Waals surface area (Å²) in [5, 5.41) is 1.93. The van der Waals surface area contributed by atoms with Crippen LogP contribution in [0.4, 0.5) is 0 Å². The molecule has 0 radical (unpaired) electrons. The number of benzene rings is 3. The Morgan fingerprint density at radius 3 is 2.37 bits per heavy atom. The number of imidazole rings is 1. The minimum atomic E-state index is -3.56. The van der Waals surface area contributed by atoms with E-state index in [9.17, 15) is 8.42 Å². The van der Waals surface area contributed by atoms with E-state index in [1.807, 2.05) is 65.4 Å². The number of hydrogen-bond donors (Lipinski definition) is 1. The first-order valence-corrected chi connectivity index (χ1v) is 10.1. The lowest BCUT2D eigenvalue weighted by molar-refractivity contribution is 0.581. The summed E-state index contributed by atoms with van der Waals surface area (Å²) >= 11 is 0. The normalized spacial score (nSPS) is 11.7. The fourth-order valence-corrected chi connectivity index (χ4v) is 4.00. The molecule has 0 atom stereocenters. The van der Waals surface area contributed by atoms with Crippen LogP contribution in [-0.2, 0) is 23.1 Å². The van der Waals surface area contributed by atoms with Crippen molar-refractivity contribution in [2.75, 3.05) is 0 Å². The number of nitrogens with one attached hydrogen (secondary N) is 1. The minimum Gasteiger partial charge on any atom is -0.333 e. The van der Waals surface area contributed by atoms with Gasteiger partial charge in [0, 0.05) is 25.5 Å². The number of nitrogens with zero attached hydrogens (tertiary/aromatic N) is 2. The van der Waals surface area contributed by atoms with E-state index in [0.29, 0.717) is 0 Å². The zero-order valence-corrected chi connectivity index (χ0v) is 15.4. The van der Waals surface area contributed by atoms with Crippen LogP contribution in [0.15, 0.2) is 90.3 Å². The maximum Gasteiger partial charge on any atom is 0.240 e. The van der Waals surface area contributed by atoms with Crippen molar-refractivity contribution < 1.29 is 8.42 Å². The molecule has 27 heavy (non-hydrogen) atoms. The molecule has 1 aromatic heterocycles. The second-order valence-corrected chi connectivity index (χ2v) is 8.15. The first kappa shape index (κ1) is 17.5. The summed E-state index contributed by atoms with van der Waals surface area (Å²) in [7, 11) is -3.56. The van der Waals surface area contributed by atoms with Crippen LogP contribution in [0.2, 0.25) is 0 Å². The second-order valence-electron chi connectivity index (χ2n) is 6.39. The Kier molecular flexibility index (Phi) is 4.75. The third-order valence-corrected chi connectivity index (χ3v) is 5.84. The van der Waals surface area contributed by atoms with E-state index in [0.717, 1.165) is 28.4 Å². The summed E-state index contributed by atoms with van der Waals surface area (Å²) in [4.78, 5) is 4.30. The van der Waals surface area contributed by atoms with Gasteiger partial charge in [-0.1, -0.05) is 54.6 Å². The Balaban J connectivity index is 1.45. The highest BCUT2D eigenvalue weighted by atomic mass is 32.2. The summed E-state index contributed by atoms with van der Waals surface area (Å²) in [6.07, 6.45) is 5.42. The molecule has 0 aliphatic heterocycles. The van der Waals surface area contributed by atoms with Gasteiger partial charge in [0.15, 0.2) is 0 Å². The lowest BCUT2D eigenvalue weighted by atomic mass is 10.1. The van der Waals surface area contributed by atoms with Gasteiger partial charge in [0.05, 0.1) is 11.2 Å². The van der Waals surface area contributed by atoms with Gasteiger partial charge in [-0.15, -0.1) is 0 Å². The van der Waals surface area contributed by atoms with E-state index >= 15 is 0 Å². The van der Waals surface area contributed by atoms with Crippen molar-refractivity contribution in [3.63, 3.8) is 0 Å². The Hall–Kier alpha value is -2.96. The standard InChI is InChI=1S/C21H19N3O2S/c25-27(26,21-10-9-19-3-1-2-4-20(19)13-21)23-14-17-5-7-18(8-6-17)15-24-12-11-22-16-24/h1-13,16,23H,14-15H2. The summed E-state index contributed by atoms with van der Waals surface area (Å²) < 4.78 is 29.9. The Morgan fingerprint density at radius 2 is 1.63 bits per heavy atom. The van der Waals surface area contributed by atoms with Crippen LogP contribution in [0.25, 0.3) is 10.8 Å². The average molecular weight is 377 g/mol. The van der Waals surface area contributed by atoms with Crippen LogP contribution in [0.5, 0.6) is 0 Å². The van der Waals surface area contributed by atoms with Crippen LogP contribution >= 0.6 is 0 Å². The quantitative estimate of drug-likeness (QED) is 0.559. The van der Waals surface area contributed by atoms with E-state index in [2.05, 4.69) is 9.71 Å². The highest BCUT2D eigenvalue weighted by molar-refractivity contribution is 7.89. The molecule has 4 rings (SSSR count). The number of hydrogen-bond acceptors (Lipinski definition) is 3. The third-order valence-electron chi connectivity index (χ3n) is 4.44. The van der Waals surface area contributed by atoms with Gasteiger partial charge in [0.25, 0.3) is 0 Å². The monoisotopic (exact) mass is 377 g/mol. The highest BCUT2D eigenvalue weighted by Crippen LogP contribution is 2.19. The van der Waals surface area contributed by atoms with E-state index in [-0.39, 0.29) is 11.4 Å². The summed E-state index contributed by atoms with van der Waals surface area (Å²) in [5.41, 5.74) is 2.04. The van der Waals surface area contributed by atoms with Crippen LogP contribution < -0.4 is 4.72 Å². The number of aromatic nitrogens is 2. The molecule has 0 fully saturated rings. The Labute approximate surface area is 158 Å². The van der Waals surface area contributed by atoms with Crippen molar-refractivity contribution in [1.82, 2.24) is 14.3 Å². The van der Waals surface area contributed by atoms with Crippen molar-refractivity contribution in [2.24, 2.45) is 0 Å². The van der Waals surface area contributed by atoms with Gasteiger partial charge in [-0.25, -0.2) is 18.1 Å². The number of fused-ring (bicyclic) bond motifs is 1. The van der Waals surface area contributed by atoms with E-state index in [4.69, 9.17) is 0 Å². The third kappa shape index (κ3) is 4.07. The predicted octanol–water partition coefficient (Wildman–Crippen LogP) is 3.56. The van der Waals surface area contributed by atoms with Crippen molar-refractivity contribution >= 4 is 20.8 Å². The molecule has 0 saturated heterocycles. The molecule has 0 aliphatic carbocycles. The molecular weight excluding hydrogens is 358 g/mol. The zero-order chi connectivity index (χ0) is 18.7. The van der Waals surface area contributed by atoms with Gasteiger partial charge in [-0.2, -0.15) is 0 Å². The van der Waals surface area contributed by atoms with Crippen molar-refractivity contribution in [2.45, 2.75) is 18.0 Å². The van der Waals surface area contributed by atoms with Gasteiger partial charge in [0.1, 0.15) is 0 Å². The Bertz CT molecular complexity index is 1150. The summed E-state index contributed by atoms with van der Waals surface area (Å²) in [6, 6.07) is 20.8. The molecule has 1 N–H and O–H groups in total. The van der Waals surface area contributed by atoms with Crippen molar-refractivity contribution in [3.8, 4) is 0 Å². The largest absolute Gasteiger partial charge is 0.333 e. The molecule has 0 saturated carbocycles. The molecule has 0 bridgehead atoms. The molecule has 0 spiro atoms. The van der Waals surface area contributed by atoms with E-state index < -0.39 is 10.0 Å². The first-order valence-electron chi connectivity index (χ1n) is 8.62. The maximum atomic E-state index is 12.6. The van der Waals surface area contributed by atoms with E-state index in [1.165, 1.54) is 0 Å². The molecule has 6 heteroatoms. The number of rotatable bonds is 6. The second kappa shape index (κ2) is 7.34. The smallest absolute Gasteiger partial charge is 0.240 e. The van der Waals surface area contributed by atoms with Crippen molar-refractivity contribution in [1.29, 1.82) is 0 Å². The topological polar surface area (TPSA) is 64.0 Å². The molecule has 4 aromatic rings. The molecule has 136 valence electrons. The number of sulfonamides is 1. The van der Waals surface area contributed by atoms with Gasteiger partial charge in [-0.3, -0.25) is 0 Å². The molecule has 3 aromatic carbocycles. The SMILES string of the molecule is O=S(=O)(NCc1ccc(Cn2ccnc2)cc1)c1ccc2ccccc2c1. The first-order chi connectivity index (χ1) is 13.1. The minimum absolute atomic E-state index is 0.251. The lowest BCUT2D eigenvalue weighted by Gasteiger charge is -2.09.